The fourth-order valence-corrected chi connectivity index (χ4v) is 2.13. The molecule has 0 unspecified atom stereocenters. The first-order chi connectivity index (χ1) is 11.8. The third-order valence-corrected chi connectivity index (χ3v) is 3.24. The third kappa shape index (κ3) is 31.0. The molecule has 0 saturated heterocycles. The molecule has 0 radical (unpaired) electrons. The molecule has 158 valence electrons. The molecule has 0 bridgehead atoms. The fourth-order valence-electron chi connectivity index (χ4n) is 1.42. The van der Waals surface area contributed by atoms with Crippen LogP contribution in [0.5, 0.6) is 0 Å². The van der Waals surface area contributed by atoms with Crippen LogP contribution in [0.1, 0.15) is 20.8 Å². The number of rotatable bonds is 3. The van der Waals surface area contributed by atoms with Crippen molar-refractivity contribution in [1.29, 1.82) is 0 Å². The molecule has 2 rings (SSSR count). The minimum Gasteiger partial charge on any atom is -0.358 e. The van der Waals surface area contributed by atoms with Gasteiger partial charge in [-0.25, -0.2) is 0 Å². The van der Waals surface area contributed by atoms with Crippen molar-refractivity contribution in [3.63, 3.8) is 0 Å². The second-order valence-electron chi connectivity index (χ2n) is 7.43. The molecule has 2 aromatic rings. The van der Waals surface area contributed by atoms with E-state index in [1.165, 1.54) is 10.8 Å². The van der Waals surface area contributed by atoms with Crippen LogP contribution in [0.4, 0.5) is 0 Å². The molecule has 0 aromatic heterocycles. The zero-order valence-corrected chi connectivity index (χ0v) is 21.8. The van der Waals surface area contributed by atoms with Crippen LogP contribution in [-0.2, 0) is 19.7 Å². The minimum atomic E-state index is -1.64. The zero-order chi connectivity index (χ0) is 20.8. The maximum absolute atomic E-state index is 8.33. The van der Waals surface area contributed by atoms with Gasteiger partial charge in [0.1, 0.15) is 0 Å². The van der Waals surface area contributed by atoms with Crippen LogP contribution >= 0.6 is 18.6 Å². The summed E-state index contributed by atoms with van der Waals surface area (Å²) in [7, 11) is 8.85. The summed E-state index contributed by atoms with van der Waals surface area (Å²) in [6.07, 6.45) is 0. The molecule has 27 heavy (non-hydrogen) atoms. The van der Waals surface area contributed by atoms with E-state index >= 15 is 0 Å². The third-order valence-electron chi connectivity index (χ3n) is 2.17. The molecule has 7 heteroatoms. The van der Waals surface area contributed by atoms with Gasteiger partial charge in [-0.2, -0.15) is 17.5 Å². The SMILES string of the molecule is CC(C)(C)[NH-].C[Si](C)(C)OCCO.[CH2]=[Ti]([Cl])[Cl].[CH3-].c1ccc2[cH-]ccc2c1. The summed E-state index contributed by atoms with van der Waals surface area (Å²) in [4.78, 5) is 3.34. The number of nitrogens with one attached hydrogen (secondary N) is 1. The molecule has 0 aliphatic rings. The number of hydrogen-bond acceptors (Lipinski definition) is 2. The second kappa shape index (κ2) is 17.0. The molecular weight excluding hydrogens is 433 g/mol. The van der Waals surface area contributed by atoms with Gasteiger partial charge in [-0.3, -0.25) is 0 Å². The van der Waals surface area contributed by atoms with Crippen molar-refractivity contribution in [2.45, 2.75) is 46.0 Å². The van der Waals surface area contributed by atoms with Crippen LogP contribution in [0.2, 0.25) is 19.6 Å². The molecule has 0 aliphatic carbocycles. The van der Waals surface area contributed by atoms with E-state index in [1.54, 1.807) is 0 Å². The van der Waals surface area contributed by atoms with E-state index in [-0.39, 0.29) is 19.6 Å². The maximum Gasteiger partial charge on any atom is -0.0809 e. The number of aliphatic hydroxyl groups excluding tert-OH is 1. The largest absolute Gasteiger partial charge is 0.358 e. The van der Waals surface area contributed by atoms with E-state index < -0.39 is 23.6 Å². The monoisotopic (exact) mass is 468 g/mol. The molecular formula is C20H36Cl2NO2SiTi-3. The van der Waals surface area contributed by atoms with E-state index in [1.807, 2.05) is 20.8 Å². The Morgan fingerprint density at radius 2 is 1.63 bits per heavy atom. The van der Waals surface area contributed by atoms with Gasteiger partial charge in [-0.1, -0.05) is 26.8 Å². The van der Waals surface area contributed by atoms with Crippen molar-refractivity contribution in [2.24, 2.45) is 0 Å². The molecule has 2 aromatic carbocycles. The van der Waals surface area contributed by atoms with Crippen molar-refractivity contribution in [3.05, 3.63) is 55.6 Å². The Balaban J connectivity index is -0.000000297. The zero-order valence-electron chi connectivity index (χ0n) is 17.8. The molecule has 0 amide bonds. The van der Waals surface area contributed by atoms with Gasteiger partial charge in [0.2, 0.25) is 0 Å². The number of fused-ring (bicyclic) bond motifs is 1. The van der Waals surface area contributed by atoms with Gasteiger partial charge in [0.25, 0.3) is 0 Å². The van der Waals surface area contributed by atoms with Crippen molar-refractivity contribution in [2.75, 3.05) is 13.2 Å². The van der Waals surface area contributed by atoms with Gasteiger partial charge < -0.3 is 22.7 Å². The van der Waals surface area contributed by atoms with Crippen molar-refractivity contribution in [1.82, 2.24) is 0 Å². The summed E-state index contributed by atoms with van der Waals surface area (Å²) >= 11 is -1.64. The number of aliphatic hydroxyl groups is 1. The first-order valence-electron chi connectivity index (χ1n) is 8.36. The minimum absolute atomic E-state index is 0. The molecule has 0 atom stereocenters. The first-order valence-corrected chi connectivity index (χ1v) is 17.2. The normalized spacial score (nSPS) is 10.1. The van der Waals surface area contributed by atoms with Gasteiger partial charge in [0.05, 0.1) is 13.2 Å². The topological polar surface area (TPSA) is 53.3 Å². The van der Waals surface area contributed by atoms with Crippen LogP contribution in [0.25, 0.3) is 16.5 Å². The van der Waals surface area contributed by atoms with E-state index in [0.717, 1.165) is 0 Å². The van der Waals surface area contributed by atoms with Crippen LogP contribution < -0.4 is 0 Å². The van der Waals surface area contributed by atoms with Crippen LogP contribution in [0, 0.1) is 7.43 Å². The average molecular weight is 469 g/mol. The van der Waals surface area contributed by atoms with Crippen molar-refractivity contribution in [3.8, 4) is 0 Å². The van der Waals surface area contributed by atoms with Crippen molar-refractivity contribution >= 4 is 42.5 Å². The molecule has 3 nitrogen and oxygen atoms in total. The first kappa shape index (κ1) is 31.8. The number of halogens is 2. The second-order valence-corrected chi connectivity index (χ2v) is 17.6. The van der Waals surface area contributed by atoms with Gasteiger partial charge in [-0.15, -0.1) is 35.2 Å². The quantitative estimate of drug-likeness (QED) is 0.388. The summed E-state index contributed by atoms with van der Waals surface area (Å²) in [5.41, 5.74) is 6.69. The van der Waals surface area contributed by atoms with E-state index in [9.17, 15) is 0 Å². The van der Waals surface area contributed by atoms with Crippen LogP contribution in [0.3, 0.4) is 0 Å². The summed E-state index contributed by atoms with van der Waals surface area (Å²) in [5, 5.41) is 11.0. The smallest absolute Gasteiger partial charge is 0.0809 e. The summed E-state index contributed by atoms with van der Waals surface area (Å²) in [6.45, 7) is 12.5. The summed E-state index contributed by atoms with van der Waals surface area (Å²) in [6, 6.07) is 14.7. The van der Waals surface area contributed by atoms with Gasteiger partial charge in [0, 0.05) is 0 Å². The number of hydrogen-bond donors (Lipinski definition) is 1. The standard InChI is InChI=1S/C9H7.C5H14O2Si.C4H10N.CH3.CH2.2ClH.Ti/c1-2-5-9-7-3-6-8(9)4-1;1-8(2,3)7-5-4-6;1-4(2,3)5;;;;;/h1-7H;6H,4-5H2,1-3H3;5H,1-3H3;1H3;1H2;2*1H;/q-1;;2*-1;;;;+2/p-2. The Morgan fingerprint density at radius 1 is 1.19 bits per heavy atom. The molecule has 0 heterocycles. The maximum atomic E-state index is 8.33. The van der Waals surface area contributed by atoms with Gasteiger partial charge >= 0.3 is 38.7 Å². The fraction of sp³-hybridized carbons (Fsp3) is 0.450. The molecule has 0 spiro atoms. The predicted octanol–water partition coefficient (Wildman–Crippen LogP) is 7.02. The van der Waals surface area contributed by atoms with Crippen molar-refractivity contribution < 1.29 is 24.8 Å². The van der Waals surface area contributed by atoms with Crippen LogP contribution in [-0.4, -0.2) is 37.0 Å². The molecule has 2 N–H and O–H groups in total. The Hall–Kier alpha value is 0.0912. The summed E-state index contributed by atoms with van der Waals surface area (Å²) in [5.74, 6) is 0. The van der Waals surface area contributed by atoms with Crippen LogP contribution in [0.15, 0.2) is 42.5 Å². The van der Waals surface area contributed by atoms with E-state index in [2.05, 4.69) is 66.9 Å². The Morgan fingerprint density at radius 3 is 1.96 bits per heavy atom. The molecule has 0 aliphatic heterocycles. The van der Waals surface area contributed by atoms with Gasteiger partial charge in [-0.05, 0) is 19.6 Å². The Bertz CT molecular complexity index is 568. The summed E-state index contributed by atoms with van der Waals surface area (Å²) < 4.78 is 5.27. The predicted molar refractivity (Wildman–Crippen MR) is 125 cm³/mol. The Kier molecular flexibility index (Phi) is 20.0. The number of benzene rings is 1. The Labute approximate surface area is 181 Å². The van der Waals surface area contributed by atoms with E-state index in [4.69, 9.17) is 33.9 Å². The average Bonchev–Trinajstić information content (AvgIpc) is 2.91. The van der Waals surface area contributed by atoms with Gasteiger partial charge in [0.15, 0.2) is 8.32 Å². The molecule has 0 saturated carbocycles. The molecule has 0 fully saturated rings. The van der Waals surface area contributed by atoms with E-state index in [0.29, 0.717) is 6.61 Å².